The molecule has 0 aliphatic carbocycles. The summed E-state index contributed by atoms with van der Waals surface area (Å²) in [6.07, 6.45) is 3.07. The quantitative estimate of drug-likeness (QED) is 0.749. The van der Waals surface area contributed by atoms with Gasteiger partial charge in [-0.05, 0) is 38.7 Å². The van der Waals surface area contributed by atoms with E-state index in [0.717, 1.165) is 24.2 Å². The number of nitrogens with two attached hydrogens (primary N) is 1. The highest BCUT2D eigenvalue weighted by Crippen LogP contribution is 2.40. The van der Waals surface area contributed by atoms with Crippen molar-refractivity contribution in [1.82, 2.24) is 5.32 Å². The van der Waals surface area contributed by atoms with E-state index in [4.69, 9.17) is 19.9 Å². The number of halogens is 1. The average molecular weight is 413 g/mol. The van der Waals surface area contributed by atoms with Crippen LogP contribution in [0.3, 0.4) is 0 Å². The zero-order chi connectivity index (χ0) is 19.3. The maximum absolute atomic E-state index is 13.1. The van der Waals surface area contributed by atoms with Crippen molar-refractivity contribution < 1.29 is 19.0 Å². The lowest BCUT2D eigenvalue weighted by Gasteiger charge is -2.41. The monoisotopic (exact) mass is 412 g/mol. The Kier molecular flexibility index (Phi) is 8.13. The standard InChI is InChI=1S/C21H32N2O4.ClH/c1-16-3-4-18(25-2)17(13-16)21(7-11-27-12-8-21)15-23-19(24)20(14-22)5-9-26-10-6-20;/h3-4,13H,5-12,14-15,22H2,1-2H3,(H,23,24);1H. The van der Waals surface area contributed by atoms with Crippen LogP contribution in [-0.4, -0.2) is 52.5 Å². The summed E-state index contributed by atoms with van der Waals surface area (Å²) in [5, 5.41) is 3.24. The Morgan fingerprint density at radius 1 is 1.14 bits per heavy atom. The van der Waals surface area contributed by atoms with Crippen LogP contribution < -0.4 is 15.8 Å². The summed E-state index contributed by atoms with van der Waals surface area (Å²) in [5.74, 6) is 0.919. The van der Waals surface area contributed by atoms with Crippen molar-refractivity contribution in [2.45, 2.75) is 38.0 Å². The molecule has 0 bridgehead atoms. The molecule has 0 aromatic heterocycles. The molecule has 0 saturated carbocycles. The average Bonchev–Trinajstić information content (AvgIpc) is 2.73. The van der Waals surface area contributed by atoms with Crippen LogP contribution in [0.15, 0.2) is 18.2 Å². The number of benzene rings is 1. The van der Waals surface area contributed by atoms with Crippen molar-refractivity contribution in [1.29, 1.82) is 0 Å². The Balaban J connectivity index is 0.00000280. The molecule has 0 spiro atoms. The van der Waals surface area contributed by atoms with Crippen molar-refractivity contribution in [3.8, 4) is 5.75 Å². The fourth-order valence-electron chi connectivity index (χ4n) is 4.26. The van der Waals surface area contributed by atoms with E-state index in [1.807, 2.05) is 6.07 Å². The smallest absolute Gasteiger partial charge is 0.227 e. The molecule has 1 aromatic rings. The molecule has 28 heavy (non-hydrogen) atoms. The summed E-state index contributed by atoms with van der Waals surface area (Å²) in [4.78, 5) is 13.1. The summed E-state index contributed by atoms with van der Waals surface area (Å²) in [5.41, 5.74) is 7.64. The minimum atomic E-state index is -0.513. The molecule has 3 rings (SSSR count). The van der Waals surface area contributed by atoms with E-state index in [2.05, 4.69) is 24.4 Å². The van der Waals surface area contributed by atoms with Crippen LogP contribution in [0.25, 0.3) is 0 Å². The minimum absolute atomic E-state index is 0. The van der Waals surface area contributed by atoms with Crippen molar-refractivity contribution >= 4 is 18.3 Å². The molecule has 2 fully saturated rings. The van der Waals surface area contributed by atoms with Gasteiger partial charge in [-0.3, -0.25) is 4.79 Å². The minimum Gasteiger partial charge on any atom is -0.496 e. The molecule has 0 radical (unpaired) electrons. The molecular formula is C21H33ClN2O4. The van der Waals surface area contributed by atoms with Gasteiger partial charge in [0.2, 0.25) is 5.91 Å². The van der Waals surface area contributed by atoms with E-state index in [1.54, 1.807) is 7.11 Å². The number of methoxy groups -OCH3 is 1. The second kappa shape index (κ2) is 9.92. The molecule has 2 heterocycles. The lowest BCUT2D eigenvalue weighted by Crippen LogP contribution is -2.53. The fraction of sp³-hybridized carbons (Fsp3) is 0.667. The lowest BCUT2D eigenvalue weighted by molar-refractivity contribution is -0.136. The summed E-state index contributed by atoms with van der Waals surface area (Å²) in [6, 6.07) is 6.26. The summed E-state index contributed by atoms with van der Waals surface area (Å²) < 4.78 is 16.7. The number of carbonyl (C=O) groups excluding carboxylic acids is 1. The van der Waals surface area contributed by atoms with Gasteiger partial charge in [0.1, 0.15) is 5.75 Å². The normalized spacial score (nSPS) is 20.7. The van der Waals surface area contributed by atoms with Crippen molar-refractivity contribution in [2.75, 3.05) is 46.6 Å². The van der Waals surface area contributed by atoms with Gasteiger partial charge in [-0.1, -0.05) is 17.7 Å². The third kappa shape index (κ3) is 4.62. The molecule has 2 aliphatic rings. The van der Waals surface area contributed by atoms with Crippen LogP contribution in [0, 0.1) is 12.3 Å². The molecule has 2 aliphatic heterocycles. The van der Waals surface area contributed by atoms with Gasteiger partial charge in [0.15, 0.2) is 0 Å². The summed E-state index contributed by atoms with van der Waals surface area (Å²) in [7, 11) is 1.70. The summed E-state index contributed by atoms with van der Waals surface area (Å²) >= 11 is 0. The first-order chi connectivity index (χ1) is 13.1. The van der Waals surface area contributed by atoms with Crippen molar-refractivity contribution in [3.05, 3.63) is 29.3 Å². The highest BCUT2D eigenvalue weighted by atomic mass is 35.5. The number of aryl methyl sites for hydroxylation is 1. The number of hydrogen-bond donors (Lipinski definition) is 2. The van der Waals surface area contributed by atoms with E-state index >= 15 is 0 Å². The Morgan fingerprint density at radius 2 is 1.75 bits per heavy atom. The molecule has 2 saturated heterocycles. The maximum atomic E-state index is 13.1. The van der Waals surface area contributed by atoms with Gasteiger partial charge in [-0.15, -0.1) is 12.4 Å². The Morgan fingerprint density at radius 3 is 2.32 bits per heavy atom. The topological polar surface area (TPSA) is 82.8 Å². The van der Waals surface area contributed by atoms with Gasteiger partial charge in [0.25, 0.3) is 0 Å². The van der Waals surface area contributed by atoms with Crippen LogP contribution in [0.5, 0.6) is 5.75 Å². The molecule has 3 N–H and O–H groups in total. The van der Waals surface area contributed by atoms with Crippen LogP contribution in [0.1, 0.15) is 36.8 Å². The van der Waals surface area contributed by atoms with Gasteiger partial charge in [0.05, 0.1) is 12.5 Å². The number of carbonyl (C=O) groups is 1. The Bertz CT molecular complexity index is 656. The third-order valence-corrected chi connectivity index (χ3v) is 6.29. The lowest BCUT2D eigenvalue weighted by atomic mass is 9.72. The van der Waals surface area contributed by atoms with E-state index < -0.39 is 5.41 Å². The zero-order valence-corrected chi connectivity index (χ0v) is 17.7. The Labute approximate surface area is 173 Å². The number of ether oxygens (including phenoxy) is 3. The van der Waals surface area contributed by atoms with E-state index in [1.165, 1.54) is 5.56 Å². The predicted octanol–water partition coefficient (Wildman–Crippen LogP) is 2.35. The Hall–Kier alpha value is -1.34. The SMILES string of the molecule is COc1ccc(C)cc1C1(CNC(=O)C2(CN)CCOCC2)CCOCC1.Cl. The van der Waals surface area contributed by atoms with Crippen LogP contribution in [0.4, 0.5) is 0 Å². The maximum Gasteiger partial charge on any atom is 0.227 e. The van der Waals surface area contributed by atoms with E-state index in [-0.39, 0.29) is 23.7 Å². The molecule has 6 nitrogen and oxygen atoms in total. The first kappa shape index (κ1) is 22.9. The largest absolute Gasteiger partial charge is 0.496 e. The molecule has 158 valence electrons. The van der Waals surface area contributed by atoms with Gasteiger partial charge in [-0.25, -0.2) is 0 Å². The zero-order valence-electron chi connectivity index (χ0n) is 16.9. The number of hydrogen-bond acceptors (Lipinski definition) is 5. The molecule has 0 unspecified atom stereocenters. The van der Waals surface area contributed by atoms with Gasteiger partial charge < -0.3 is 25.3 Å². The molecular weight excluding hydrogens is 380 g/mol. The van der Waals surface area contributed by atoms with Crippen LogP contribution >= 0.6 is 12.4 Å². The number of rotatable bonds is 6. The van der Waals surface area contributed by atoms with Gasteiger partial charge >= 0.3 is 0 Å². The molecule has 1 amide bonds. The van der Waals surface area contributed by atoms with Crippen molar-refractivity contribution in [2.24, 2.45) is 11.1 Å². The highest BCUT2D eigenvalue weighted by Gasteiger charge is 2.42. The van der Waals surface area contributed by atoms with Gasteiger partial charge in [0, 0.05) is 50.5 Å². The van der Waals surface area contributed by atoms with Crippen LogP contribution in [-0.2, 0) is 19.7 Å². The first-order valence-corrected chi connectivity index (χ1v) is 9.84. The predicted molar refractivity (Wildman–Crippen MR) is 111 cm³/mol. The fourth-order valence-corrected chi connectivity index (χ4v) is 4.26. The molecule has 7 heteroatoms. The van der Waals surface area contributed by atoms with Crippen molar-refractivity contribution in [3.63, 3.8) is 0 Å². The first-order valence-electron chi connectivity index (χ1n) is 9.84. The third-order valence-electron chi connectivity index (χ3n) is 6.29. The van der Waals surface area contributed by atoms with E-state index in [9.17, 15) is 4.79 Å². The molecule has 1 aromatic carbocycles. The van der Waals surface area contributed by atoms with E-state index in [0.29, 0.717) is 52.4 Å². The number of nitrogens with one attached hydrogen (secondary N) is 1. The van der Waals surface area contributed by atoms with Gasteiger partial charge in [-0.2, -0.15) is 0 Å². The summed E-state index contributed by atoms with van der Waals surface area (Å²) in [6.45, 7) is 5.56. The molecule has 0 atom stereocenters. The second-order valence-electron chi connectivity index (χ2n) is 7.88. The number of amides is 1. The second-order valence-corrected chi connectivity index (χ2v) is 7.88. The van der Waals surface area contributed by atoms with Crippen LogP contribution in [0.2, 0.25) is 0 Å². The highest BCUT2D eigenvalue weighted by molar-refractivity contribution is 5.85.